The lowest BCUT2D eigenvalue weighted by molar-refractivity contribution is -0.125. The second-order valence-corrected chi connectivity index (χ2v) is 4.80. The van der Waals surface area contributed by atoms with Crippen molar-refractivity contribution < 1.29 is 9.53 Å². The fraction of sp³-hybridized carbons (Fsp3) is 0.538. The molecule has 5 heteroatoms. The molecule has 0 aromatic carbocycles. The molecule has 100 valence electrons. The van der Waals surface area contributed by atoms with Gasteiger partial charge in [0.15, 0.2) is 11.6 Å². The minimum Gasteiger partial charge on any atom is -0.490 e. The summed E-state index contributed by atoms with van der Waals surface area (Å²) in [5.74, 6) is 0.988. The van der Waals surface area contributed by atoms with Gasteiger partial charge in [0.25, 0.3) is 0 Å². The maximum absolute atomic E-state index is 11.2. The first-order valence-corrected chi connectivity index (χ1v) is 6.09. The third-order valence-corrected chi connectivity index (χ3v) is 2.60. The van der Waals surface area contributed by atoms with Gasteiger partial charge in [0.2, 0.25) is 5.91 Å². The number of hydrogen-bond acceptors (Lipinski definition) is 4. The Bertz CT molecular complexity index is 405. The Morgan fingerprint density at radius 1 is 1.56 bits per heavy atom. The van der Waals surface area contributed by atoms with Gasteiger partial charge in [0.1, 0.15) is 0 Å². The number of hydrogen-bond donors (Lipinski definition) is 2. The molecule has 0 spiro atoms. The minimum atomic E-state index is -0.625. The second-order valence-electron chi connectivity index (χ2n) is 4.80. The maximum atomic E-state index is 11.2. The summed E-state index contributed by atoms with van der Waals surface area (Å²) in [6.07, 6.45) is 2.61. The van der Waals surface area contributed by atoms with Gasteiger partial charge in [-0.05, 0) is 32.4 Å². The van der Waals surface area contributed by atoms with E-state index >= 15 is 0 Å². The minimum absolute atomic E-state index is 0.345. The zero-order valence-corrected chi connectivity index (χ0v) is 11.2. The van der Waals surface area contributed by atoms with Gasteiger partial charge in [-0.15, -0.1) is 0 Å². The van der Waals surface area contributed by atoms with Gasteiger partial charge in [0, 0.05) is 12.7 Å². The average Bonchev–Trinajstić information content (AvgIpc) is 2.34. The van der Waals surface area contributed by atoms with Crippen molar-refractivity contribution in [3.63, 3.8) is 0 Å². The molecule has 18 heavy (non-hydrogen) atoms. The van der Waals surface area contributed by atoms with Crippen LogP contribution in [0.4, 0.5) is 5.82 Å². The first-order chi connectivity index (χ1) is 8.47. The van der Waals surface area contributed by atoms with E-state index < -0.39 is 5.41 Å². The van der Waals surface area contributed by atoms with Crippen LogP contribution in [0.1, 0.15) is 27.2 Å². The fourth-order valence-electron chi connectivity index (χ4n) is 1.24. The average molecular weight is 251 g/mol. The van der Waals surface area contributed by atoms with E-state index in [-0.39, 0.29) is 5.91 Å². The third kappa shape index (κ3) is 3.91. The van der Waals surface area contributed by atoms with Crippen molar-refractivity contribution in [1.82, 2.24) is 4.98 Å². The van der Waals surface area contributed by atoms with E-state index in [1.807, 2.05) is 19.1 Å². The molecule has 3 N–H and O–H groups in total. The van der Waals surface area contributed by atoms with E-state index in [9.17, 15) is 4.79 Å². The Morgan fingerprint density at radius 2 is 2.28 bits per heavy atom. The number of carbonyl (C=O) groups is 1. The molecular formula is C13H21N3O2. The molecule has 0 radical (unpaired) electrons. The summed E-state index contributed by atoms with van der Waals surface area (Å²) in [5, 5.41) is 3.11. The number of pyridine rings is 1. The third-order valence-electron chi connectivity index (χ3n) is 2.60. The molecule has 0 atom stereocenters. The van der Waals surface area contributed by atoms with Crippen molar-refractivity contribution in [1.29, 1.82) is 0 Å². The topological polar surface area (TPSA) is 77.2 Å². The van der Waals surface area contributed by atoms with Gasteiger partial charge in [-0.2, -0.15) is 0 Å². The molecule has 1 rings (SSSR count). The summed E-state index contributed by atoms with van der Waals surface area (Å²) in [7, 11) is 0. The smallest absolute Gasteiger partial charge is 0.224 e. The molecule has 0 aliphatic heterocycles. The number of nitrogens with one attached hydrogen (secondary N) is 1. The Labute approximate surface area is 108 Å². The Morgan fingerprint density at radius 3 is 2.89 bits per heavy atom. The van der Waals surface area contributed by atoms with E-state index in [0.717, 1.165) is 6.42 Å². The van der Waals surface area contributed by atoms with Crippen LogP contribution in [0, 0.1) is 5.41 Å². The van der Waals surface area contributed by atoms with Gasteiger partial charge >= 0.3 is 0 Å². The predicted octanol–water partition coefficient (Wildman–Crippen LogP) is 1.79. The van der Waals surface area contributed by atoms with Crippen molar-refractivity contribution in [2.24, 2.45) is 11.1 Å². The quantitative estimate of drug-likeness (QED) is 0.774. The molecule has 0 fully saturated rings. The molecular weight excluding hydrogens is 230 g/mol. The number of nitrogens with two attached hydrogens (primary N) is 1. The molecule has 5 nitrogen and oxygen atoms in total. The van der Waals surface area contributed by atoms with Crippen LogP contribution in [-0.4, -0.2) is 24.0 Å². The van der Waals surface area contributed by atoms with Gasteiger partial charge < -0.3 is 15.8 Å². The fourth-order valence-corrected chi connectivity index (χ4v) is 1.24. The van der Waals surface area contributed by atoms with Crippen molar-refractivity contribution >= 4 is 11.7 Å². The molecule has 0 saturated carbocycles. The van der Waals surface area contributed by atoms with E-state index in [2.05, 4.69) is 10.3 Å². The maximum Gasteiger partial charge on any atom is 0.224 e. The summed E-state index contributed by atoms with van der Waals surface area (Å²) in [4.78, 5) is 15.4. The van der Waals surface area contributed by atoms with Crippen molar-refractivity contribution in [3.05, 3.63) is 18.3 Å². The van der Waals surface area contributed by atoms with Gasteiger partial charge in [-0.3, -0.25) is 4.79 Å². The largest absolute Gasteiger partial charge is 0.490 e. The lowest BCUT2D eigenvalue weighted by atomic mass is 9.93. The van der Waals surface area contributed by atoms with Crippen molar-refractivity contribution in [3.8, 4) is 5.75 Å². The zero-order valence-electron chi connectivity index (χ0n) is 11.2. The Balaban J connectivity index is 2.69. The van der Waals surface area contributed by atoms with E-state index in [1.165, 1.54) is 0 Å². The van der Waals surface area contributed by atoms with Crippen LogP contribution in [-0.2, 0) is 4.79 Å². The first kappa shape index (κ1) is 14.3. The molecule has 0 bridgehead atoms. The monoisotopic (exact) mass is 251 g/mol. The number of primary amides is 1. The summed E-state index contributed by atoms with van der Waals surface area (Å²) in [6.45, 7) is 6.68. The highest BCUT2D eigenvalue weighted by Gasteiger charge is 2.25. The summed E-state index contributed by atoms with van der Waals surface area (Å²) in [5.41, 5.74) is 4.70. The Hall–Kier alpha value is -1.78. The SMILES string of the molecule is CCCOc1cccnc1NCC(C)(C)C(N)=O. The van der Waals surface area contributed by atoms with Crippen LogP contribution in [0.25, 0.3) is 0 Å². The molecule has 1 heterocycles. The number of rotatable bonds is 7. The first-order valence-electron chi connectivity index (χ1n) is 6.09. The standard InChI is InChI=1S/C13H21N3O2/c1-4-8-18-10-6-5-7-15-11(10)16-9-13(2,3)12(14)17/h5-7H,4,8-9H2,1-3H3,(H2,14,17)(H,15,16). The van der Waals surface area contributed by atoms with Crippen LogP contribution in [0.2, 0.25) is 0 Å². The molecule has 1 amide bonds. The highest BCUT2D eigenvalue weighted by Crippen LogP contribution is 2.23. The van der Waals surface area contributed by atoms with Gasteiger partial charge in [-0.25, -0.2) is 4.98 Å². The number of nitrogens with zero attached hydrogens (tertiary/aromatic N) is 1. The number of aromatic nitrogens is 1. The van der Waals surface area contributed by atoms with E-state index in [1.54, 1.807) is 20.0 Å². The Kier molecular flexibility index (Phi) is 4.95. The number of amides is 1. The zero-order chi connectivity index (χ0) is 13.6. The van der Waals surface area contributed by atoms with Crippen molar-refractivity contribution in [2.75, 3.05) is 18.5 Å². The molecule has 0 unspecified atom stereocenters. The summed E-state index contributed by atoms with van der Waals surface area (Å²) >= 11 is 0. The molecule has 1 aromatic heterocycles. The van der Waals surface area contributed by atoms with E-state index in [4.69, 9.17) is 10.5 Å². The number of ether oxygens (including phenoxy) is 1. The highest BCUT2D eigenvalue weighted by molar-refractivity contribution is 5.80. The summed E-state index contributed by atoms with van der Waals surface area (Å²) in [6, 6.07) is 3.66. The van der Waals surface area contributed by atoms with Crippen molar-refractivity contribution in [2.45, 2.75) is 27.2 Å². The van der Waals surface area contributed by atoms with Crippen LogP contribution in [0.15, 0.2) is 18.3 Å². The predicted molar refractivity (Wildman–Crippen MR) is 71.5 cm³/mol. The lowest BCUT2D eigenvalue weighted by Crippen LogP contribution is -2.37. The van der Waals surface area contributed by atoms with Crippen LogP contribution >= 0.6 is 0 Å². The highest BCUT2D eigenvalue weighted by atomic mass is 16.5. The molecule has 0 aliphatic carbocycles. The molecule has 0 aliphatic rings. The normalized spacial score (nSPS) is 11.1. The van der Waals surface area contributed by atoms with Crippen LogP contribution in [0.3, 0.4) is 0 Å². The molecule has 1 aromatic rings. The lowest BCUT2D eigenvalue weighted by Gasteiger charge is -2.21. The van der Waals surface area contributed by atoms with Crippen LogP contribution < -0.4 is 15.8 Å². The number of anilines is 1. The number of carbonyl (C=O) groups excluding carboxylic acids is 1. The van der Waals surface area contributed by atoms with Gasteiger partial charge in [-0.1, -0.05) is 6.92 Å². The second kappa shape index (κ2) is 6.23. The van der Waals surface area contributed by atoms with Gasteiger partial charge in [0.05, 0.1) is 12.0 Å². The molecule has 0 saturated heterocycles. The van der Waals surface area contributed by atoms with Crippen LogP contribution in [0.5, 0.6) is 5.75 Å². The van der Waals surface area contributed by atoms with E-state index in [0.29, 0.717) is 24.7 Å². The summed E-state index contributed by atoms with van der Waals surface area (Å²) < 4.78 is 5.57.